The molecule has 0 radical (unpaired) electrons. The van der Waals surface area contributed by atoms with Gasteiger partial charge in [-0.3, -0.25) is 4.79 Å². The Hall–Kier alpha value is -3.58. The Morgan fingerprint density at radius 3 is 2.19 bits per heavy atom. The third kappa shape index (κ3) is 3.93. The molecule has 0 amide bonds. The summed E-state index contributed by atoms with van der Waals surface area (Å²) in [5.74, 6) is -0.128. The first-order valence-corrected chi connectivity index (χ1v) is 13.2. The van der Waals surface area contributed by atoms with E-state index in [1.165, 1.54) is 18.7 Å². The van der Waals surface area contributed by atoms with Crippen molar-refractivity contribution in [2.45, 2.75) is 11.9 Å². The van der Waals surface area contributed by atoms with Crippen molar-refractivity contribution in [3.05, 3.63) is 130 Å². The Morgan fingerprint density at radius 1 is 0.784 bits per heavy atom. The molecule has 4 aromatic rings. The van der Waals surface area contributed by atoms with Crippen molar-refractivity contribution >= 4 is 62.9 Å². The van der Waals surface area contributed by atoms with E-state index in [-0.39, 0.29) is 5.78 Å². The lowest BCUT2D eigenvalue weighted by atomic mass is 9.93. The molecule has 8 heteroatoms. The molecule has 0 N–H and O–H groups in total. The predicted octanol–water partition coefficient (Wildman–Crippen LogP) is 7.53. The summed E-state index contributed by atoms with van der Waals surface area (Å²) in [5, 5.41) is 15.4. The van der Waals surface area contributed by atoms with Gasteiger partial charge in [0.05, 0.1) is 22.1 Å². The molecule has 1 spiro atoms. The van der Waals surface area contributed by atoms with Crippen molar-refractivity contribution in [2.24, 2.45) is 10.2 Å². The quantitative estimate of drug-likeness (QED) is 0.267. The normalized spacial score (nSPS) is 18.5. The van der Waals surface area contributed by atoms with E-state index in [1.807, 2.05) is 107 Å². The number of Topliss-reactive ketones (excluding diaryl/α,β-unsaturated/α-hetero) is 1. The van der Waals surface area contributed by atoms with Gasteiger partial charge in [0.2, 0.25) is 4.99 Å². The smallest absolute Gasteiger partial charge is 0.234 e. The Labute approximate surface area is 229 Å². The lowest BCUT2D eigenvalue weighted by Crippen LogP contribution is -2.54. The van der Waals surface area contributed by atoms with E-state index < -0.39 is 4.99 Å². The van der Waals surface area contributed by atoms with E-state index in [9.17, 15) is 4.79 Å². The molecule has 2 aliphatic rings. The Bertz CT molecular complexity index is 1570. The minimum Gasteiger partial charge on any atom is -0.292 e. The summed E-state index contributed by atoms with van der Waals surface area (Å²) < 4.78 is 0. The molecule has 6 rings (SSSR count). The van der Waals surface area contributed by atoms with Crippen molar-refractivity contribution in [1.82, 2.24) is 0 Å². The SMILES string of the molecule is CC(=O)C1=NN(c2ccccc2Cl)[C@@]2(S1)c1ccccc1C(c1ccc(Cl)cc1)=NN2c1ccccc1. The van der Waals surface area contributed by atoms with Gasteiger partial charge in [0.25, 0.3) is 0 Å². The second-order valence-electron chi connectivity index (χ2n) is 8.58. The third-order valence-corrected chi connectivity index (χ3v) is 8.22. The molecule has 0 aliphatic carbocycles. The van der Waals surface area contributed by atoms with Crippen molar-refractivity contribution in [3.63, 3.8) is 0 Å². The van der Waals surface area contributed by atoms with Crippen LogP contribution < -0.4 is 10.0 Å². The summed E-state index contributed by atoms with van der Waals surface area (Å²) in [6.07, 6.45) is 0. The molecule has 0 saturated heterocycles. The van der Waals surface area contributed by atoms with Gasteiger partial charge in [-0.05, 0) is 48.2 Å². The van der Waals surface area contributed by atoms with E-state index in [0.717, 1.165) is 28.1 Å². The van der Waals surface area contributed by atoms with E-state index >= 15 is 0 Å². The first-order valence-electron chi connectivity index (χ1n) is 11.6. The van der Waals surface area contributed by atoms with E-state index in [1.54, 1.807) is 0 Å². The molecule has 0 saturated carbocycles. The third-order valence-electron chi connectivity index (χ3n) is 6.24. The van der Waals surface area contributed by atoms with E-state index in [0.29, 0.717) is 20.8 Å². The molecule has 0 bridgehead atoms. The number of carbonyl (C=O) groups excluding carboxylic acids is 1. The maximum absolute atomic E-state index is 12.7. The zero-order valence-electron chi connectivity index (χ0n) is 19.7. The minimum absolute atomic E-state index is 0.128. The predicted molar refractivity (Wildman–Crippen MR) is 154 cm³/mol. The molecule has 0 unspecified atom stereocenters. The first kappa shape index (κ1) is 23.8. The highest BCUT2D eigenvalue weighted by atomic mass is 35.5. The topological polar surface area (TPSA) is 48.3 Å². The summed E-state index contributed by atoms with van der Waals surface area (Å²) in [7, 11) is 0. The molecule has 182 valence electrons. The van der Waals surface area contributed by atoms with Crippen LogP contribution in [0.15, 0.2) is 113 Å². The minimum atomic E-state index is -1.04. The number of carbonyl (C=O) groups is 1. The number of ketones is 1. The van der Waals surface area contributed by atoms with Crippen LogP contribution in [0.2, 0.25) is 10.0 Å². The van der Waals surface area contributed by atoms with Crippen LogP contribution in [0.1, 0.15) is 23.6 Å². The van der Waals surface area contributed by atoms with Gasteiger partial charge in [0, 0.05) is 28.6 Å². The van der Waals surface area contributed by atoms with Gasteiger partial charge in [-0.15, -0.1) is 0 Å². The lowest BCUT2D eigenvalue weighted by Gasteiger charge is -2.47. The second-order valence-corrected chi connectivity index (χ2v) is 10.6. The molecule has 4 aromatic carbocycles. The number of anilines is 2. The Kier molecular flexibility index (Phi) is 6.03. The Balaban J connectivity index is 1.68. The number of hydrogen-bond acceptors (Lipinski definition) is 6. The van der Waals surface area contributed by atoms with Crippen LogP contribution >= 0.6 is 35.0 Å². The molecule has 1 atom stereocenters. The van der Waals surface area contributed by atoms with Gasteiger partial charge in [0.1, 0.15) is 0 Å². The van der Waals surface area contributed by atoms with Crippen LogP contribution in [0.3, 0.4) is 0 Å². The van der Waals surface area contributed by atoms with Gasteiger partial charge in [-0.2, -0.15) is 10.2 Å². The molecular weight excluding hydrogens is 523 g/mol. The van der Waals surface area contributed by atoms with Gasteiger partial charge < -0.3 is 0 Å². The van der Waals surface area contributed by atoms with Crippen LogP contribution in [0.4, 0.5) is 11.4 Å². The monoisotopic (exact) mass is 542 g/mol. The zero-order chi connectivity index (χ0) is 25.6. The van der Waals surface area contributed by atoms with Crippen LogP contribution in [0.25, 0.3) is 0 Å². The fraction of sp³-hybridized carbons (Fsp3) is 0.0690. The molecule has 37 heavy (non-hydrogen) atoms. The average molecular weight is 543 g/mol. The van der Waals surface area contributed by atoms with Crippen LogP contribution in [-0.2, 0) is 9.79 Å². The maximum Gasteiger partial charge on any atom is 0.234 e. The number of hydrazone groups is 2. The number of benzene rings is 4. The molecule has 0 aromatic heterocycles. The average Bonchev–Trinajstić information content (AvgIpc) is 3.31. The molecule has 5 nitrogen and oxygen atoms in total. The highest BCUT2D eigenvalue weighted by Crippen LogP contribution is 2.55. The van der Waals surface area contributed by atoms with Crippen LogP contribution in [0.5, 0.6) is 0 Å². The first-order chi connectivity index (χ1) is 18.0. The van der Waals surface area contributed by atoms with Crippen molar-refractivity contribution in [3.8, 4) is 0 Å². The van der Waals surface area contributed by atoms with Crippen molar-refractivity contribution in [1.29, 1.82) is 0 Å². The van der Waals surface area contributed by atoms with Crippen LogP contribution in [-0.4, -0.2) is 16.5 Å². The van der Waals surface area contributed by atoms with Crippen LogP contribution in [0, 0.1) is 0 Å². The van der Waals surface area contributed by atoms with Gasteiger partial charge in [-0.25, -0.2) is 10.0 Å². The summed E-state index contributed by atoms with van der Waals surface area (Å²) >= 11 is 14.3. The number of fused-ring (bicyclic) bond motifs is 2. The Morgan fingerprint density at radius 2 is 1.46 bits per heavy atom. The summed E-state index contributed by atoms with van der Waals surface area (Å²) in [4.78, 5) is 11.7. The fourth-order valence-corrected chi connectivity index (χ4v) is 6.20. The number of rotatable bonds is 4. The van der Waals surface area contributed by atoms with Gasteiger partial charge in [0.15, 0.2) is 10.8 Å². The van der Waals surface area contributed by atoms with Crippen molar-refractivity contribution in [2.75, 3.05) is 10.0 Å². The fourth-order valence-electron chi connectivity index (χ4n) is 4.57. The van der Waals surface area contributed by atoms with E-state index in [4.69, 9.17) is 33.4 Å². The largest absolute Gasteiger partial charge is 0.292 e. The summed E-state index contributed by atoms with van der Waals surface area (Å²) in [6.45, 7) is 1.53. The second kappa shape index (κ2) is 9.38. The maximum atomic E-state index is 12.7. The summed E-state index contributed by atoms with van der Waals surface area (Å²) in [6, 6.07) is 33.1. The number of para-hydroxylation sites is 2. The van der Waals surface area contributed by atoms with Gasteiger partial charge >= 0.3 is 0 Å². The molecule has 0 fully saturated rings. The van der Waals surface area contributed by atoms with E-state index in [2.05, 4.69) is 6.07 Å². The number of hydrogen-bond donors (Lipinski definition) is 0. The van der Waals surface area contributed by atoms with Gasteiger partial charge in [-0.1, -0.05) is 89.9 Å². The molecule has 2 aliphatic heterocycles. The lowest BCUT2D eigenvalue weighted by molar-refractivity contribution is -0.110. The number of halogens is 2. The molecular formula is C29H20Cl2N4OS. The highest BCUT2D eigenvalue weighted by molar-refractivity contribution is 8.17. The zero-order valence-corrected chi connectivity index (χ0v) is 22.0. The standard InChI is InChI=1S/C29H20Cl2N4OS/c1-19(36)28-33-35(26-14-8-7-13-25(26)31)29(37-28)24-12-6-5-11-23(24)27(20-15-17-21(30)18-16-20)32-34(29)22-9-3-2-4-10-22/h2-18H,1H3/t29-/m1/s1. The highest BCUT2D eigenvalue weighted by Gasteiger charge is 2.56. The number of nitrogens with zero attached hydrogens (tertiary/aromatic N) is 4. The van der Waals surface area contributed by atoms with Crippen molar-refractivity contribution < 1.29 is 4.79 Å². The molecule has 2 heterocycles. The number of thioether (sulfide) groups is 1. The summed E-state index contributed by atoms with van der Waals surface area (Å²) in [5.41, 5.74) is 5.09.